The lowest BCUT2D eigenvalue weighted by molar-refractivity contribution is 0.363. The summed E-state index contributed by atoms with van der Waals surface area (Å²) in [5.74, 6) is 0.719. The Labute approximate surface area is 154 Å². The highest BCUT2D eigenvalue weighted by molar-refractivity contribution is 7.92. The van der Waals surface area contributed by atoms with E-state index in [1.165, 1.54) is 9.71 Å². The first-order chi connectivity index (χ1) is 11.9. The van der Waals surface area contributed by atoms with Crippen LogP contribution in [-0.4, -0.2) is 26.4 Å². The molecule has 0 amide bonds. The predicted octanol–water partition coefficient (Wildman–Crippen LogP) is 4.34. The number of hydrogen-bond donors (Lipinski definition) is 0. The molecule has 0 aromatic heterocycles. The van der Waals surface area contributed by atoms with Crippen molar-refractivity contribution in [1.82, 2.24) is 4.31 Å². The van der Waals surface area contributed by atoms with Crippen molar-refractivity contribution in [1.29, 1.82) is 0 Å². The summed E-state index contributed by atoms with van der Waals surface area (Å²) in [6.45, 7) is 4.30. The standard InChI is InChI=1S/C19H20ClNO3S/c1-3-13-24-19-10-6-17(7-11-19)15-21(2)25(22,23)14-12-16-4-8-18(20)9-5-16/h3-12,14H,1,13,15H2,2H3/b14-12+. The van der Waals surface area contributed by atoms with Gasteiger partial charge in [-0.2, -0.15) is 4.31 Å². The van der Waals surface area contributed by atoms with Crippen LogP contribution in [-0.2, 0) is 16.6 Å². The van der Waals surface area contributed by atoms with Crippen molar-refractivity contribution in [2.24, 2.45) is 0 Å². The van der Waals surface area contributed by atoms with Crippen LogP contribution < -0.4 is 4.74 Å². The first-order valence-electron chi connectivity index (χ1n) is 7.63. The molecule has 0 N–H and O–H groups in total. The first kappa shape index (κ1) is 19.2. The van der Waals surface area contributed by atoms with Crippen LogP contribution in [0.1, 0.15) is 11.1 Å². The lowest BCUT2D eigenvalue weighted by Crippen LogP contribution is -2.24. The number of benzene rings is 2. The molecule has 0 heterocycles. The summed E-state index contributed by atoms with van der Waals surface area (Å²) < 4.78 is 31.4. The average molecular weight is 378 g/mol. The summed E-state index contributed by atoms with van der Waals surface area (Å²) in [5, 5.41) is 1.80. The SMILES string of the molecule is C=CCOc1ccc(CN(C)S(=O)(=O)/C=C/c2ccc(Cl)cc2)cc1. The quantitative estimate of drug-likeness (QED) is 0.643. The van der Waals surface area contributed by atoms with Gasteiger partial charge in [0.2, 0.25) is 10.0 Å². The van der Waals surface area contributed by atoms with Crippen LogP contribution in [0.4, 0.5) is 0 Å². The molecule has 0 unspecified atom stereocenters. The highest BCUT2D eigenvalue weighted by atomic mass is 35.5. The Morgan fingerprint density at radius 3 is 2.36 bits per heavy atom. The fraction of sp³-hybridized carbons (Fsp3) is 0.158. The van der Waals surface area contributed by atoms with E-state index in [4.69, 9.17) is 16.3 Å². The summed E-state index contributed by atoms with van der Waals surface area (Å²) in [6.07, 6.45) is 3.22. The fourth-order valence-corrected chi connectivity index (χ4v) is 3.03. The molecule has 0 atom stereocenters. The second-order valence-corrected chi connectivity index (χ2v) is 7.76. The van der Waals surface area contributed by atoms with E-state index in [2.05, 4.69) is 6.58 Å². The maximum atomic E-state index is 12.4. The van der Waals surface area contributed by atoms with E-state index in [-0.39, 0.29) is 6.54 Å². The molecule has 0 fully saturated rings. The molecule has 0 radical (unpaired) electrons. The molecule has 2 rings (SSSR count). The zero-order valence-electron chi connectivity index (χ0n) is 13.9. The molecule has 132 valence electrons. The number of ether oxygens (including phenoxy) is 1. The molecule has 25 heavy (non-hydrogen) atoms. The predicted molar refractivity (Wildman–Crippen MR) is 103 cm³/mol. The van der Waals surface area contributed by atoms with Crippen LogP contribution in [0.15, 0.2) is 66.6 Å². The minimum Gasteiger partial charge on any atom is -0.490 e. The third kappa shape index (κ3) is 6.05. The zero-order chi connectivity index (χ0) is 18.3. The van der Waals surface area contributed by atoms with Gasteiger partial charge < -0.3 is 4.74 Å². The molecule has 0 saturated heterocycles. The van der Waals surface area contributed by atoms with Crippen LogP contribution in [0.3, 0.4) is 0 Å². The number of halogens is 1. The minimum absolute atomic E-state index is 0.273. The molecule has 0 aliphatic rings. The van der Waals surface area contributed by atoms with Gasteiger partial charge in [0, 0.05) is 24.0 Å². The van der Waals surface area contributed by atoms with Crippen LogP contribution in [0, 0.1) is 0 Å². The smallest absolute Gasteiger partial charge is 0.236 e. The summed E-state index contributed by atoms with van der Waals surface area (Å²) in [5.41, 5.74) is 1.64. The monoisotopic (exact) mass is 377 g/mol. The van der Waals surface area contributed by atoms with E-state index in [1.54, 1.807) is 43.5 Å². The molecule has 0 aliphatic heterocycles. The van der Waals surface area contributed by atoms with Gasteiger partial charge in [-0.15, -0.1) is 0 Å². The van der Waals surface area contributed by atoms with Gasteiger partial charge in [0.25, 0.3) is 0 Å². The van der Waals surface area contributed by atoms with Gasteiger partial charge in [0.15, 0.2) is 0 Å². The maximum Gasteiger partial charge on any atom is 0.236 e. The Morgan fingerprint density at radius 1 is 1.12 bits per heavy atom. The average Bonchev–Trinajstić information content (AvgIpc) is 2.60. The van der Waals surface area contributed by atoms with Crippen LogP contribution in [0.5, 0.6) is 5.75 Å². The largest absolute Gasteiger partial charge is 0.490 e. The van der Waals surface area contributed by atoms with Gasteiger partial charge in [-0.3, -0.25) is 0 Å². The van der Waals surface area contributed by atoms with Gasteiger partial charge in [-0.05, 0) is 41.5 Å². The topological polar surface area (TPSA) is 46.6 Å². The summed E-state index contributed by atoms with van der Waals surface area (Å²) in [4.78, 5) is 0. The third-order valence-corrected chi connectivity index (χ3v) is 5.16. The number of rotatable bonds is 8. The zero-order valence-corrected chi connectivity index (χ0v) is 15.5. The first-order valence-corrected chi connectivity index (χ1v) is 9.51. The molecule has 4 nitrogen and oxygen atoms in total. The van der Waals surface area contributed by atoms with Crippen molar-refractivity contribution >= 4 is 27.7 Å². The molecule has 0 bridgehead atoms. The van der Waals surface area contributed by atoms with E-state index in [0.717, 1.165) is 16.9 Å². The van der Waals surface area contributed by atoms with Crippen LogP contribution >= 0.6 is 11.6 Å². The van der Waals surface area contributed by atoms with Crippen molar-refractivity contribution in [3.63, 3.8) is 0 Å². The van der Waals surface area contributed by atoms with Crippen molar-refractivity contribution in [2.75, 3.05) is 13.7 Å². The van der Waals surface area contributed by atoms with E-state index in [9.17, 15) is 8.42 Å². The second-order valence-electron chi connectivity index (χ2n) is 5.40. The van der Waals surface area contributed by atoms with Gasteiger partial charge in [-0.1, -0.05) is 48.5 Å². The van der Waals surface area contributed by atoms with E-state index < -0.39 is 10.0 Å². The lowest BCUT2D eigenvalue weighted by atomic mass is 10.2. The molecule has 0 spiro atoms. The molecular weight excluding hydrogens is 358 g/mol. The Kier molecular flexibility index (Phi) is 6.82. The highest BCUT2D eigenvalue weighted by Gasteiger charge is 2.14. The Hall–Kier alpha value is -2.08. The highest BCUT2D eigenvalue weighted by Crippen LogP contribution is 2.16. The van der Waals surface area contributed by atoms with Crippen LogP contribution in [0.25, 0.3) is 6.08 Å². The van der Waals surface area contributed by atoms with E-state index in [1.807, 2.05) is 24.3 Å². The minimum atomic E-state index is -3.52. The molecule has 0 saturated carbocycles. The van der Waals surface area contributed by atoms with Gasteiger partial charge in [-0.25, -0.2) is 8.42 Å². The number of hydrogen-bond acceptors (Lipinski definition) is 3. The summed E-state index contributed by atoms with van der Waals surface area (Å²) in [6, 6.07) is 14.3. The van der Waals surface area contributed by atoms with Gasteiger partial charge in [0.1, 0.15) is 12.4 Å². The van der Waals surface area contributed by atoms with Gasteiger partial charge in [0.05, 0.1) is 0 Å². The summed E-state index contributed by atoms with van der Waals surface area (Å²) in [7, 11) is -1.97. The normalized spacial score (nSPS) is 11.8. The Morgan fingerprint density at radius 2 is 1.76 bits per heavy atom. The van der Waals surface area contributed by atoms with E-state index >= 15 is 0 Å². The second kappa shape index (κ2) is 8.85. The lowest BCUT2D eigenvalue weighted by Gasteiger charge is -2.15. The van der Waals surface area contributed by atoms with Crippen molar-refractivity contribution in [3.05, 3.63) is 82.7 Å². The van der Waals surface area contributed by atoms with E-state index in [0.29, 0.717) is 11.6 Å². The number of sulfonamides is 1. The molecule has 0 aliphatic carbocycles. The third-order valence-electron chi connectivity index (χ3n) is 3.43. The number of nitrogens with zero attached hydrogens (tertiary/aromatic N) is 1. The molecule has 2 aromatic carbocycles. The Balaban J connectivity index is 2.01. The fourth-order valence-electron chi connectivity index (χ4n) is 2.04. The summed E-state index contributed by atoms with van der Waals surface area (Å²) >= 11 is 5.82. The van der Waals surface area contributed by atoms with Crippen LogP contribution in [0.2, 0.25) is 5.02 Å². The molecule has 6 heteroatoms. The molecule has 2 aromatic rings. The maximum absolute atomic E-state index is 12.4. The van der Waals surface area contributed by atoms with Crippen molar-refractivity contribution in [2.45, 2.75) is 6.54 Å². The van der Waals surface area contributed by atoms with Crippen molar-refractivity contribution in [3.8, 4) is 5.75 Å². The molecular formula is C19H20ClNO3S. The van der Waals surface area contributed by atoms with Gasteiger partial charge >= 0.3 is 0 Å². The Bertz CT molecular complexity index is 828. The van der Waals surface area contributed by atoms with Crippen molar-refractivity contribution < 1.29 is 13.2 Å².